The second-order valence-electron chi connectivity index (χ2n) is 5.88. The fourth-order valence-corrected chi connectivity index (χ4v) is 5.34. The molecule has 0 radical (unpaired) electrons. The van der Waals surface area contributed by atoms with Crippen LogP contribution in [0.3, 0.4) is 0 Å². The lowest BCUT2D eigenvalue weighted by molar-refractivity contribution is 0.0451. The van der Waals surface area contributed by atoms with E-state index in [2.05, 4.69) is 0 Å². The number of thiophene rings is 1. The van der Waals surface area contributed by atoms with Gasteiger partial charge in [-0.05, 0) is 30.0 Å². The van der Waals surface area contributed by atoms with Gasteiger partial charge in [-0.2, -0.15) is 4.31 Å². The minimum Gasteiger partial charge on any atom is -0.490 e. The van der Waals surface area contributed by atoms with Gasteiger partial charge in [-0.1, -0.05) is 18.2 Å². The summed E-state index contributed by atoms with van der Waals surface area (Å²) in [6.45, 7) is 3.39. The molecule has 0 aliphatic carbocycles. The molecule has 0 atom stereocenters. The first kappa shape index (κ1) is 19.8. The molecule has 7 nitrogen and oxygen atoms in total. The van der Waals surface area contributed by atoms with E-state index in [0.717, 1.165) is 22.6 Å². The summed E-state index contributed by atoms with van der Waals surface area (Å²) in [4.78, 5) is 12.4. The van der Waals surface area contributed by atoms with Crippen LogP contribution in [0.25, 0.3) is 0 Å². The molecule has 1 aliphatic heterocycles. The van der Waals surface area contributed by atoms with Crippen molar-refractivity contribution in [3.05, 3.63) is 46.2 Å². The molecule has 0 N–H and O–H groups in total. The number of benzene rings is 1. The topological polar surface area (TPSA) is 82.1 Å². The maximum absolute atomic E-state index is 12.8. The van der Waals surface area contributed by atoms with Crippen LogP contribution in [0.4, 0.5) is 0 Å². The highest BCUT2D eigenvalue weighted by atomic mass is 32.2. The number of hydrogen-bond donors (Lipinski definition) is 0. The van der Waals surface area contributed by atoms with E-state index in [4.69, 9.17) is 14.2 Å². The highest BCUT2D eigenvalue weighted by Crippen LogP contribution is 2.26. The molecule has 0 saturated carbocycles. The van der Waals surface area contributed by atoms with E-state index in [1.807, 2.05) is 31.2 Å². The van der Waals surface area contributed by atoms with Crippen LogP contribution in [0.1, 0.15) is 15.2 Å². The van der Waals surface area contributed by atoms with E-state index in [9.17, 15) is 13.2 Å². The van der Waals surface area contributed by atoms with Crippen LogP contribution in [0.2, 0.25) is 0 Å². The number of aryl methyl sites for hydroxylation is 1. The van der Waals surface area contributed by atoms with Gasteiger partial charge in [0, 0.05) is 13.1 Å². The van der Waals surface area contributed by atoms with Gasteiger partial charge in [0.1, 0.15) is 28.7 Å². The molecule has 0 amide bonds. The fraction of sp³-hybridized carbons (Fsp3) is 0.389. The molecular formula is C18H21NO6S2. The number of esters is 1. The van der Waals surface area contributed by atoms with Gasteiger partial charge in [-0.3, -0.25) is 0 Å². The Morgan fingerprint density at radius 2 is 1.93 bits per heavy atom. The molecular weight excluding hydrogens is 390 g/mol. The van der Waals surface area contributed by atoms with Crippen LogP contribution >= 0.6 is 11.3 Å². The van der Waals surface area contributed by atoms with Gasteiger partial charge in [0.05, 0.1) is 13.2 Å². The van der Waals surface area contributed by atoms with Gasteiger partial charge < -0.3 is 14.2 Å². The molecule has 0 bridgehead atoms. The second-order valence-corrected chi connectivity index (χ2v) is 8.70. The number of sulfonamides is 1. The molecule has 3 rings (SSSR count). The highest BCUT2D eigenvalue weighted by molar-refractivity contribution is 7.89. The van der Waals surface area contributed by atoms with E-state index < -0.39 is 16.0 Å². The maximum atomic E-state index is 12.8. The standard InChI is InChI=1S/C18H21NO6S2/c1-14-4-2-3-5-15(14)24-11-12-25-18(20)17-16(6-13-26-17)27(21,22)19-7-9-23-10-8-19/h2-6,13H,7-12H2,1H3. The average molecular weight is 412 g/mol. The first-order valence-corrected chi connectivity index (χ1v) is 10.8. The number of nitrogens with zero attached hydrogens (tertiary/aromatic N) is 1. The minimum absolute atomic E-state index is 0.0146. The zero-order valence-electron chi connectivity index (χ0n) is 14.9. The van der Waals surface area contributed by atoms with Gasteiger partial charge in [-0.25, -0.2) is 13.2 Å². The van der Waals surface area contributed by atoms with Crippen molar-refractivity contribution in [1.29, 1.82) is 0 Å². The number of carbonyl (C=O) groups is 1. The first-order chi connectivity index (χ1) is 13.0. The summed E-state index contributed by atoms with van der Waals surface area (Å²) in [5.74, 6) is 0.0606. The lowest BCUT2D eigenvalue weighted by Crippen LogP contribution is -2.40. The minimum atomic E-state index is -3.74. The maximum Gasteiger partial charge on any atom is 0.349 e. The zero-order valence-corrected chi connectivity index (χ0v) is 16.6. The van der Waals surface area contributed by atoms with E-state index in [0.29, 0.717) is 13.2 Å². The molecule has 1 fully saturated rings. The molecule has 2 heterocycles. The van der Waals surface area contributed by atoms with Crippen LogP contribution in [0.15, 0.2) is 40.6 Å². The molecule has 2 aromatic rings. The Kier molecular flexibility index (Phi) is 6.48. The highest BCUT2D eigenvalue weighted by Gasteiger charge is 2.31. The molecule has 0 unspecified atom stereocenters. The molecule has 146 valence electrons. The normalized spacial score (nSPS) is 15.4. The van der Waals surface area contributed by atoms with Crippen LogP contribution in [0, 0.1) is 6.92 Å². The Morgan fingerprint density at radius 3 is 2.67 bits per heavy atom. The predicted molar refractivity (Wildman–Crippen MR) is 101 cm³/mol. The predicted octanol–water partition coefficient (Wildman–Crippen LogP) is 2.31. The van der Waals surface area contributed by atoms with Crippen molar-refractivity contribution in [3.8, 4) is 5.75 Å². The van der Waals surface area contributed by atoms with E-state index in [-0.39, 0.29) is 36.1 Å². The second kappa shape index (κ2) is 8.83. The van der Waals surface area contributed by atoms with Crippen molar-refractivity contribution in [2.24, 2.45) is 0 Å². The summed E-state index contributed by atoms with van der Waals surface area (Å²) in [5, 5.41) is 1.58. The molecule has 1 saturated heterocycles. The first-order valence-electron chi connectivity index (χ1n) is 8.51. The van der Waals surface area contributed by atoms with Crippen molar-refractivity contribution in [1.82, 2.24) is 4.31 Å². The zero-order chi connectivity index (χ0) is 19.3. The molecule has 9 heteroatoms. The largest absolute Gasteiger partial charge is 0.490 e. The van der Waals surface area contributed by atoms with Crippen molar-refractivity contribution < 1.29 is 27.4 Å². The Labute approximate surface area is 162 Å². The van der Waals surface area contributed by atoms with Gasteiger partial charge in [0.25, 0.3) is 0 Å². The van der Waals surface area contributed by atoms with Crippen molar-refractivity contribution in [2.45, 2.75) is 11.8 Å². The van der Waals surface area contributed by atoms with Crippen molar-refractivity contribution in [3.63, 3.8) is 0 Å². The summed E-state index contributed by atoms with van der Waals surface area (Å²) in [7, 11) is -3.74. The number of para-hydroxylation sites is 1. The third kappa shape index (κ3) is 4.67. The van der Waals surface area contributed by atoms with Crippen molar-refractivity contribution >= 4 is 27.3 Å². The third-order valence-electron chi connectivity index (χ3n) is 4.07. The van der Waals surface area contributed by atoms with Crippen LogP contribution in [-0.4, -0.2) is 58.2 Å². The molecule has 1 aliphatic rings. The Morgan fingerprint density at radius 1 is 1.19 bits per heavy atom. The summed E-state index contributed by atoms with van der Waals surface area (Å²) in [6, 6.07) is 8.98. The van der Waals surface area contributed by atoms with Crippen LogP contribution < -0.4 is 4.74 Å². The van der Waals surface area contributed by atoms with Gasteiger partial charge >= 0.3 is 5.97 Å². The lowest BCUT2D eigenvalue weighted by atomic mass is 10.2. The van der Waals surface area contributed by atoms with Crippen LogP contribution in [-0.2, 0) is 19.5 Å². The lowest BCUT2D eigenvalue weighted by Gasteiger charge is -2.25. The molecule has 0 spiro atoms. The number of rotatable bonds is 7. The van der Waals surface area contributed by atoms with E-state index in [1.54, 1.807) is 5.38 Å². The SMILES string of the molecule is Cc1ccccc1OCCOC(=O)c1sccc1S(=O)(=O)N1CCOCC1. The fourth-order valence-electron chi connectivity index (χ4n) is 2.65. The number of morpholine rings is 1. The molecule has 1 aromatic heterocycles. The summed E-state index contributed by atoms with van der Waals surface area (Å²) in [6.07, 6.45) is 0. The summed E-state index contributed by atoms with van der Waals surface area (Å²) < 4.78 is 42.9. The number of hydrogen-bond acceptors (Lipinski definition) is 7. The van der Waals surface area contributed by atoms with E-state index in [1.165, 1.54) is 10.4 Å². The van der Waals surface area contributed by atoms with Gasteiger partial charge in [0.15, 0.2) is 0 Å². The molecule has 1 aromatic carbocycles. The summed E-state index contributed by atoms with van der Waals surface area (Å²) >= 11 is 1.05. The van der Waals surface area contributed by atoms with E-state index >= 15 is 0 Å². The Hall–Kier alpha value is -1.94. The third-order valence-corrected chi connectivity index (χ3v) is 7.03. The average Bonchev–Trinajstić information content (AvgIpc) is 3.18. The monoisotopic (exact) mass is 411 g/mol. The molecule has 27 heavy (non-hydrogen) atoms. The number of ether oxygens (including phenoxy) is 3. The number of carbonyl (C=O) groups excluding carboxylic acids is 1. The van der Waals surface area contributed by atoms with Crippen LogP contribution in [0.5, 0.6) is 5.75 Å². The summed E-state index contributed by atoms with van der Waals surface area (Å²) in [5.41, 5.74) is 0.987. The quantitative estimate of drug-likeness (QED) is 0.514. The Bertz CT molecular complexity index is 887. The smallest absolute Gasteiger partial charge is 0.349 e. The van der Waals surface area contributed by atoms with Gasteiger partial charge in [-0.15, -0.1) is 11.3 Å². The van der Waals surface area contributed by atoms with Crippen molar-refractivity contribution in [2.75, 3.05) is 39.5 Å². The Balaban J connectivity index is 1.59. The van der Waals surface area contributed by atoms with Gasteiger partial charge in [0.2, 0.25) is 10.0 Å².